The predicted molar refractivity (Wildman–Crippen MR) is 79.3 cm³/mol. The number of nitrogen functional groups attached to an aromatic ring is 1. The van der Waals surface area contributed by atoms with Gasteiger partial charge in [-0.3, -0.25) is 0 Å². The highest BCUT2D eigenvalue weighted by molar-refractivity contribution is 5.41. The van der Waals surface area contributed by atoms with Gasteiger partial charge in [-0.15, -0.1) is 0 Å². The minimum absolute atomic E-state index is 0.254. The summed E-state index contributed by atoms with van der Waals surface area (Å²) in [7, 11) is 0. The molecule has 3 nitrogen and oxygen atoms in total. The molecule has 0 aliphatic heterocycles. The van der Waals surface area contributed by atoms with Crippen molar-refractivity contribution in [3.63, 3.8) is 0 Å². The standard InChI is InChI=1S/C16H27N3/c1-16(2,3)10-13-14(17)19(12-8-9-12)15(18-13)11-6-4-5-7-11/h11-12H,4-10,17H2,1-3H3. The number of hydrogen-bond acceptors (Lipinski definition) is 2. The molecule has 19 heavy (non-hydrogen) atoms. The molecule has 2 N–H and O–H groups in total. The Morgan fingerprint density at radius 2 is 1.79 bits per heavy atom. The van der Waals surface area contributed by atoms with Crippen molar-refractivity contribution in [3.05, 3.63) is 11.5 Å². The van der Waals surface area contributed by atoms with E-state index >= 15 is 0 Å². The van der Waals surface area contributed by atoms with E-state index in [1.54, 1.807) is 0 Å². The maximum atomic E-state index is 6.42. The van der Waals surface area contributed by atoms with E-state index in [1.807, 2.05) is 0 Å². The second-order valence-corrected chi connectivity index (χ2v) is 7.62. The van der Waals surface area contributed by atoms with Crippen LogP contribution in [0.3, 0.4) is 0 Å². The Kier molecular flexibility index (Phi) is 3.11. The molecule has 3 heteroatoms. The van der Waals surface area contributed by atoms with Gasteiger partial charge < -0.3 is 10.3 Å². The summed E-state index contributed by atoms with van der Waals surface area (Å²) in [6, 6.07) is 0.650. The molecule has 0 atom stereocenters. The van der Waals surface area contributed by atoms with Crippen LogP contribution in [-0.4, -0.2) is 9.55 Å². The molecule has 1 aromatic heterocycles. The summed E-state index contributed by atoms with van der Waals surface area (Å²) in [5.41, 5.74) is 7.81. The van der Waals surface area contributed by atoms with Crippen LogP contribution in [0.15, 0.2) is 0 Å². The molecule has 0 saturated heterocycles. The number of anilines is 1. The van der Waals surface area contributed by atoms with Crippen LogP contribution in [0.2, 0.25) is 0 Å². The largest absolute Gasteiger partial charge is 0.384 e. The smallest absolute Gasteiger partial charge is 0.127 e. The van der Waals surface area contributed by atoms with Crippen LogP contribution in [0.5, 0.6) is 0 Å². The van der Waals surface area contributed by atoms with Gasteiger partial charge in [0.15, 0.2) is 0 Å². The van der Waals surface area contributed by atoms with Gasteiger partial charge in [0, 0.05) is 12.0 Å². The van der Waals surface area contributed by atoms with Crippen molar-refractivity contribution in [3.8, 4) is 0 Å². The lowest BCUT2D eigenvalue weighted by atomic mass is 9.90. The molecule has 1 heterocycles. The van der Waals surface area contributed by atoms with Gasteiger partial charge in [0.1, 0.15) is 11.6 Å². The number of rotatable bonds is 3. The molecule has 0 aromatic carbocycles. The summed E-state index contributed by atoms with van der Waals surface area (Å²) < 4.78 is 2.39. The zero-order chi connectivity index (χ0) is 13.6. The Morgan fingerprint density at radius 3 is 2.32 bits per heavy atom. The van der Waals surface area contributed by atoms with Crippen LogP contribution in [0, 0.1) is 5.41 Å². The Bertz CT molecular complexity index is 457. The van der Waals surface area contributed by atoms with Gasteiger partial charge in [-0.25, -0.2) is 4.98 Å². The highest BCUT2D eigenvalue weighted by Gasteiger charge is 2.34. The number of hydrogen-bond donors (Lipinski definition) is 1. The summed E-state index contributed by atoms with van der Waals surface area (Å²) in [6.45, 7) is 6.79. The fraction of sp³-hybridized carbons (Fsp3) is 0.812. The van der Waals surface area contributed by atoms with Crippen LogP contribution >= 0.6 is 0 Å². The fourth-order valence-electron chi connectivity index (χ4n) is 3.33. The molecule has 0 amide bonds. The normalized spacial score (nSPS) is 21.2. The van der Waals surface area contributed by atoms with E-state index < -0.39 is 0 Å². The fourth-order valence-corrected chi connectivity index (χ4v) is 3.33. The SMILES string of the molecule is CC(C)(C)Cc1nc(C2CCCC2)n(C2CC2)c1N. The number of nitrogens with two attached hydrogens (primary N) is 1. The second-order valence-electron chi connectivity index (χ2n) is 7.62. The third-order valence-corrected chi connectivity index (χ3v) is 4.38. The van der Waals surface area contributed by atoms with Gasteiger partial charge in [-0.1, -0.05) is 33.6 Å². The summed E-state index contributed by atoms with van der Waals surface area (Å²) in [5.74, 6) is 2.92. The summed E-state index contributed by atoms with van der Waals surface area (Å²) in [4.78, 5) is 4.98. The average Bonchev–Trinajstić information content (AvgIpc) is 2.88. The van der Waals surface area contributed by atoms with Gasteiger partial charge in [0.05, 0.1) is 5.69 Å². The topological polar surface area (TPSA) is 43.8 Å². The summed E-state index contributed by atoms with van der Waals surface area (Å²) in [5, 5.41) is 0. The first-order valence-electron chi connectivity index (χ1n) is 7.82. The number of aromatic nitrogens is 2. The van der Waals surface area contributed by atoms with Crippen molar-refractivity contribution >= 4 is 5.82 Å². The molecular formula is C16H27N3. The molecule has 0 unspecified atom stereocenters. The lowest BCUT2D eigenvalue weighted by molar-refractivity contribution is 0.407. The molecular weight excluding hydrogens is 234 g/mol. The Balaban J connectivity index is 1.95. The zero-order valence-electron chi connectivity index (χ0n) is 12.6. The van der Waals surface area contributed by atoms with Gasteiger partial charge in [-0.05, 0) is 37.5 Å². The molecule has 2 aliphatic rings. The van der Waals surface area contributed by atoms with E-state index in [-0.39, 0.29) is 5.41 Å². The van der Waals surface area contributed by atoms with Gasteiger partial charge in [0.25, 0.3) is 0 Å². The van der Waals surface area contributed by atoms with E-state index in [2.05, 4.69) is 25.3 Å². The van der Waals surface area contributed by atoms with E-state index in [0.29, 0.717) is 12.0 Å². The van der Waals surface area contributed by atoms with E-state index in [1.165, 1.54) is 44.3 Å². The van der Waals surface area contributed by atoms with Crippen LogP contribution in [-0.2, 0) is 6.42 Å². The Labute approximate surface area is 116 Å². The van der Waals surface area contributed by atoms with Crippen molar-refractivity contribution in [1.29, 1.82) is 0 Å². The maximum absolute atomic E-state index is 6.42. The first-order valence-corrected chi connectivity index (χ1v) is 7.82. The predicted octanol–water partition coefficient (Wildman–Crippen LogP) is 4.05. The Morgan fingerprint density at radius 1 is 1.16 bits per heavy atom. The maximum Gasteiger partial charge on any atom is 0.127 e. The van der Waals surface area contributed by atoms with Gasteiger partial charge >= 0.3 is 0 Å². The quantitative estimate of drug-likeness (QED) is 0.892. The first kappa shape index (κ1) is 13.0. The molecule has 0 bridgehead atoms. The van der Waals surface area contributed by atoms with E-state index in [4.69, 9.17) is 10.7 Å². The lowest BCUT2D eigenvalue weighted by Crippen LogP contribution is -2.11. The molecule has 2 fully saturated rings. The minimum Gasteiger partial charge on any atom is -0.384 e. The van der Waals surface area contributed by atoms with Crippen molar-refractivity contribution in [2.75, 3.05) is 5.73 Å². The average molecular weight is 261 g/mol. The second kappa shape index (κ2) is 4.53. The monoisotopic (exact) mass is 261 g/mol. The summed E-state index contributed by atoms with van der Waals surface area (Å²) >= 11 is 0. The highest BCUT2D eigenvalue weighted by Crippen LogP contribution is 2.44. The van der Waals surface area contributed by atoms with Crippen LogP contribution < -0.4 is 5.73 Å². The lowest BCUT2D eigenvalue weighted by Gasteiger charge is -2.16. The van der Waals surface area contributed by atoms with Crippen molar-refractivity contribution in [2.45, 2.75) is 77.7 Å². The van der Waals surface area contributed by atoms with E-state index in [0.717, 1.165) is 17.9 Å². The molecule has 0 radical (unpaired) electrons. The first-order chi connectivity index (χ1) is 8.96. The van der Waals surface area contributed by atoms with Crippen molar-refractivity contribution < 1.29 is 0 Å². The van der Waals surface area contributed by atoms with Gasteiger partial charge in [0.2, 0.25) is 0 Å². The van der Waals surface area contributed by atoms with Crippen LogP contribution in [0.4, 0.5) is 5.82 Å². The third-order valence-electron chi connectivity index (χ3n) is 4.38. The Hall–Kier alpha value is -0.990. The van der Waals surface area contributed by atoms with Crippen molar-refractivity contribution in [2.24, 2.45) is 5.41 Å². The molecule has 0 spiro atoms. The molecule has 2 aliphatic carbocycles. The highest BCUT2D eigenvalue weighted by atomic mass is 15.2. The zero-order valence-corrected chi connectivity index (χ0v) is 12.6. The van der Waals surface area contributed by atoms with E-state index in [9.17, 15) is 0 Å². The summed E-state index contributed by atoms with van der Waals surface area (Å²) in [6.07, 6.45) is 8.88. The van der Waals surface area contributed by atoms with Crippen LogP contribution in [0.1, 0.15) is 82.8 Å². The minimum atomic E-state index is 0.254. The molecule has 106 valence electrons. The third kappa shape index (κ3) is 2.65. The number of nitrogens with zero attached hydrogens (tertiary/aromatic N) is 2. The molecule has 1 aromatic rings. The van der Waals surface area contributed by atoms with Crippen LogP contribution in [0.25, 0.3) is 0 Å². The van der Waals surface area contributed by atoms with Gasteiger partial charge in [-0.2, -0.15) is 0 Å². The molecule has 2 saturated carbocycles. The number of imidazole rings is 1. The molecule has 3 rings (SSSR count). The van der Waals surface area contributed by atoms with Crippen molar-refractivity contribution in [1.82, 2.24) is 9.55 Å².